The van der Waals surface area contributed by atoms with Crippen LogP contribution in [0.2, 0.25) is 0 Å². The number of primary amides is 1. The highest BCUT2D eigenvalue weighted by atomic mass is 16.4. The first-order valence-electron chi connectivity index (χ1n) is 9.85. The summed E-state index contributed by atoms with van der Waals surface area (Å²) in [5.41, 5.74) is 1.58. The maximum Gasteiger partial charge on any atom is 0.250 e. The van der Waals surface area contributed by atoms with Crippen molar-refractivity contribution in [3.63, 3.8) is 0 Å². The van der Waals surface area contributed by atoms with E-state index < -0.39 is 70.0 Å². The molecular formula is C22H24N2O8. The molecule has 0 heterocycles. The Balaban J connectivity index is 2.07. The number of nitrogens with zero attached hydrogens (tertiary/aromatic N) is 1. The smallest absolute Gasteiger partial charge is 0.250 e. The number of benzene rings is 1. The molecule has 0 saturated heterocycles. The third kappa shape index (κ3) is 2.49. The van der Waals surface area contributed by atoms with E-state index in [2.05, 4.69) is 6.58 Å². The van der Waals surface area contributed by atoms with Gasteiger partial charge in [-0.15, -0.1) is 0 Å². The third-order valence-corrected chi connectivity index (χ3v) is 6.81. The lowest BCUT2D eigenvalue weighted by atomic mass is 9.55. The van der Waals surface area contributed by atoms with E-state index in [0.29, 0.717) is 5.56 Å². The van der Waals surface area contributed by atoms with Crippen LogP contribution in [0.3, 0.4) is 0 Å². The highest BCUT2D eigenvalue weighted by Crippen LogP contribution is 2.55. The Bertz CT molecular complexity index is 1140. The van der Waals surface area contributed by atoms with E-state index in [9.17, 15) is 40.2 Å². The molecule has 3 aliphatic carbocycles. The molecule has 1 aromatic carbocycles. The van der Waals surface area contributed by atoms with E-state index in [1.165, 1.54) is 31.1 Å². The van der Waals surface area contributed by atoms with Crippen molar-refractivity contribution in [2.45, 2.75) is 23.9 Å². The molecule has 8 N–H and O–H groups in total. The van der Waals surface area contributed by atoms with Gasteiger partial charge in [0.25, 0.3) is 5.91 Å². The molecule has 3 aliphatic rings. The number of carbonyl (C=O) groups is 2. The average molecular weight is 444 g/mol. The summed E-state index contributed by atoms with van der Waals surface area (Å²) in [6.45, 7) is 3.94. The molecule has 4 rings (SSSR count). The molecule has 6 atom stereocenters. The maximum absolute atomic E-state index is 13.6. The largest absolute Gasteiger partial charge is 0.508 e. The minimum atomic E-state index is -2.88. The second kappa shape index (κ2) is 6.91. The lowest BCUT2D eigenvalue weighted by Crippen LogP contribution is -2.71. The van der Waals surface area contributed by atoms with Crippen LogP contribution in [0.4, 0.5) is 0 Å². The maximum atomic E-state index is 13.6. The second-order valence-corrected chi connectivity index (χ2v) is 8.60. The molecule has 0 spiro atoms. The SMILES string of the molecule is C=C1c2cccc(O)c2C(O)=C2C(=O)[C@]3(O)C(O)=C(C(N)=O)C(O)[C@@H](N(C)C)[C@@H]3[C@@H](O)[C@H]12. The number of carbonyl (C=O) groups excluding carboxylic acids is 2. The minimum absolute atomic E-state index is 0.107. The van der Waals surface area contributed by atoms with Gasteiger partial charge in [-0.25, -0.2) is 0 Å². The Kier molecular flexibility index (Phi) is 4.76. The number of ketones is 1. The first-order chi connectivity index (χ1) is 14.9. The van der Waals surface area contributed by atoms with Gasteiger partial charge >= 0.3 is 0 Å². The number of phenolic OH excluding ortho intramolecular Hbond substituents is 1. The summed E-state index contributed by atoms with van der Waals surface area (Å²) in [6, 6.07) is 3.13. The number of hydrogen-bond acceptors (Lipinski definition) is 9. The number of nitrogens with two attached hydrogens (primary N) is 1. The quantitative estimate of drug-likeness (QED) is 0.307. The van der Waals surface area contributed by atoms with Gasteiger partial charge in [-0.1, -0.05) is 18.7 Å². The first kappa shape index (κ1) is 22.0. The van der Waals surface area contributed by atoms with Crippen LogP contribution >= 0.6 is 0 Å². The lowest BCUT2D eigenvalue weighted by Gasteiger charge is -2.54. The van der Waals surface area contributed by atoms with Crippen LogP contribution in [0.1, 0.15) is 11.1 Å². The number of likely N-dealkylation sites (N-methyl/N-ethyl adjacent to an activating group) is 1. The number of fused-ring (bicyclic) bond motifs is 3. The molecule has 0 radical (unpaired) electrons. The zero-order chi connectivity index (χ0) is 23.9. The number of aliphatic hydroxyl groups is 5. The molecular weight excluding hydrogens is 420 g/mol. The number of phenols is 1. The summed E-state index contributed by atoms with van der Waals surface area (Å²) in [7, 11) is 3.00. The lowest BCUT2D eigenvalue weighted by molar-refractivity contribution is -0.170. The first-order valence-corrected chi connectivity index (χ1v) is 9.85. The summed E-state index contributed by atoms with van der Waals surface area (Å²) in [5, 5.41) is 65.7. The number of rotatable bonds is 2. The third-order valence-electron chi connectivity index (χ3n) is 6.81. The molecule has 0 aliphatic heterocycles. The fourth-order valence-electron chi connectivity index (χ4n) is 5.41. The van der Waals surface area contributed by atoms with Crippen molar-refractivity contribution in [2.24, 2.45) is 17.6 Å². The zero-order valence-corrected chi connectivity index (χ0v) is 17.4. The van der Waals surface area contributed by atoms with E-state index in [1.54, 1.807) is 6.07 Å². The van der Waals surface area contributed by atoms with Gasteiger partial charge in [-0.3, -0.25) is 9.59 Å². The molecule has 0 aromatic heterocycles. The summed E-state index contributed by atoms with van der Waals surface area (Å²) < 4.78 is 0. The van der Waals surface area contributed by atoms with Gasteiger partial charge in [0.15, 0.2) is 5.60 Å². The van der Waals surface area contributed by atoms with Gasteiger partial charge in [0.1, 0.15) is 23.4 Å². The number of hydrogen-bond donors (Lipinski definition) is 7. The molecule has 1 fully saturated rings. The predicted octanol–water partition coefficient (Wildman–Crippen LogP) is -0.803. The van der Waals surface area contributed by atoms with Crippen LogP contribution in [-0.2, 0) is 9.59 Å². The van der Waals surface area contributed by atoms with Crippen molar-refractivity contribution < 1.29 is 40.2 Å². The van der Waals surface area contributed by atoms with Gasteiger partial charge in [-0.2, -0.15) is 0 Å². The van der Waals surface area contributed by atoms with Gasteiger partial charge in [0, 0.05) is 17.9 Å². The molecule has 170 valence electrons. The zero-order valence-electron chi connectivity index (χ0n) is 17.4. The van der Waals surface area contributed by atoms with E-state index in [1.807, 2.05) is 0 Å². The standard InChI is InChI=1S/C22H24N2O8/c1-7-8-5-4-6-9(25)11(8)16(26)12-10(7)17(27)14-15(24(2)3)18(28)13(21(23)31)20(30)22(14,32)19(12)29/h4-6,10,14-15,17-18,25-28,30,32H,1H2,2-3H3,(H2,23,31)/t10-,14-,15+,17+,18?,22+/m1/s1. The second-order valence-electron chi connectivity index (χ2n) is 8.60. The van der Waals surface area contributed by atoms with Gasteiger partial charge < -0.3 is 41.3 Å². The molecule has 1 unspecified atom stereocenters. The Morgan fingerprint density at radius 3 is 2.38 bits per heavy atom. The summed E-state index contributed by atoms with van der Waals surface area (Å²) in [6.07, 6.45) is -3.35. The average Bonchev–Trinajstić information content (AvgIpc) is 2.70. The van der Waals surface area contributed by atoms with Gasteiger partial charge in [-0.05, 0) is 31.3 Å². The monoisotopic (exact) mass is 444 g/mol. The summed E-state index contributed by atoms with van der Waals surface area (Å²) in [5.74, 6) is -7.40. The molecule has 32 heavy (non-hydrogen) atoms. The van der Waals surface area contributed by atoms with Crippen LogP contribution in [0, 0.1) is 11.8 Å². The Labute approximate surface area is 182 Å². The van der Waals surface area contributed by atoms with Crippen LogP contribution in [0.5, 0.6) is 5.75 Å². The van der Waals surface area contributed by atoms with E-state index in [0.717, 1.165) is 0 Å². The Hall–Kier alpha value is -3.18. The minimum Gasteiger partial charge on any atom is -0.508 e. The van der Waals surface area contributed by atoms with Crippen molar-refractivity contribution >= 4 is 23.0 Å². The summed E-state index contributed by atoms with van der Waals surface area (Å²) in [4.78, 5) is 27.0. The van der Waals surface area contributed by atoms with Crippen LogP contribution < -0.4 is 5.73 Å². The van der Waals surface area contributed by atoms with Crippen LogP contribution in [-0.4, -0.2) is 85.2 Å². The molecule has 1 amide bonds. The normalized spacial score (nSPS) is 34.4. The fraction of sp³-hybridized carbons (Fsp3) is 0.364. The number of amides is 1. The van der Waals surface area contributed by atoms with E-state index >= 15 is 0 Å². The summed E-state index contributed by atoms with van der Waals surface area (Å²) >= 11 is 0. The molecule has 10 heteroatoms. The van der Waals surface area contributed by atoms with Crippen LogP contribution in [0.25, 0.3) is 11.3 Å². The topological polar surface area (TPSA) is 185 Å². The van der Waals surface area contributed by atoms with Crippen molar-refractivity contribution in [1.82, 2.24) is 4.90 Å². The molecule has 10 nitrogen and oxygen atoms in total. The van der Waals surface area contributed by atoms with Gasteiger partial charge in [0.05, 0.1) is 22.8 Å². The number of Topliss-reactive ketones (excluding diaryl/α,β-unsaturated/α-hetero) is 1. The molecule has 1 aromatic rings. The fourth-order valence-corrected chi connectivity index (χ4v) is 5.41. The van der Waals surface area contributed by atoms with E-state index in [4.69, 9.17) is 5.73 Å². The van der Waals surface area contributed by atoms with Crippen molar-refractivity contribution in [1.29, 1.82) is 0 Å². The highest BCUT2D eigenvalue weighted by Gasteiger charge is 2.67. The predicted molar refractivity (Wildman–Crippen MR) is 112 cm³/mol. The Morgan fingerprint density at radius 1 is 1.19 bits per heavy atom. The van der Waals surface area contributed by atoms with Crippen molar-refractivity contribution in [3.8, 4) is 5.75 Å². The molecule has 1 saturated carbocycles. The highest BCUT2D eigenvalue weighted by molar-refractivity contribution is 6.15. The van der Waals surface area contributed by atoms with Gasteiger partial charge in [0.2, 0.25) is 5.78 Å². The molecule has 0 bridgehead atoms. The number of aromatic hydroxyl groups is 1. The Morgan fingerprint density at radius 2 is 1.81 bits per heavy atom. The van der Waals surface area contributed by atoms with E-state index in [-0.39, 0.29) is 16.9 Å². The van der Waals surface area contributed by atoms with Crippen molar-refractivity contribution in [2.75, 3.05) is 14.1 Å². The number of aliphatic hydroxyl groups excluding tert-OH is 4. The van der Waals surface area contributed by atoms with Crippen LogP contribution in [0.15, 0.2) is 41.7 Å². The van der Waals surface area contributed by atoms with Crippen molar-refractivity contribution in [3.05, 3.63) is 52.8 Å².